The van der Waals surface area contributed by atoms with Crippen molar-refractivity contribution >= 4 is 0 Å². The molecule has 0 bridgehead atoms. The second kappa shape index (κ2) is 8.08. The second-order valence-electron chi connectivity index (χ2n) is 5.58. The molecule has 1 atom stereocenters. The van der Waals surface area contributed by atoms with Crippen LogP contribution in [0.4, 0.5) is 0 Å². The largest absolute Gasteiger partial charge is 0.380 e. The van der Waals surface area contributed by atoms with Crippen LogP contribution < -0.4 is 5.32 Å². The number of hydrogen-bond acceptors (Lipinski definition) is 2. The normalized spacial score (nSPS) is 19.5. The van der Waals surface area contributed by atoms with Crippen molar-refractivity contribution in [2.24, 2.45) is 11.8 Å². The monoisotopic (exact) mass is 227 g/mol. The van der Waals surface area contributed by atoms with E-state index in [1.807, 2.05) is 0 Å². The first kappa shape index (κ1) is 14.0. The summed E-state index contributed by atoms with van der Waals surface area (Å²) in [4.78, 5) is 0. The van der Waals surface area contributed by atoms with Crippen LogP contribution in [0.25, 0.3) is 0 Å². The van der Waals surface area contributed by atoms with E-state index in [0.29, 0.717) is 6.04 Å². The van der Waals surface area contributed by atoms with E-state index in [1.54, 1.807) is 0 Å². The summed E-state index contributed by atoms with van der Waals surface area (Å²) in [5.74, 6) is 1.67. The lowest BCUT2D eigenvalue weighted by atomic mass is 10.00. The zero-order chi connectivity index (χ0) is 11.8. The highest BCUT2D eigenvalue weighted by molar-refractivity contribution is 4.76. The zero-order valence-corrected chi connectivity index (χ0v) is 11.3. The molecular weight excluding hydrogens is 198 g/mol. The minimum absolute atomic E-state index is 0.677. The van der Waals surface area contributed by atoms with Gasteiger partial charge in [-0.1, -0.05) is 26.7 Å². The Morgan fingerprint density at radius 3 is 2.44 bits per heavy atom. The Labute approximate surface area is 101 Å². The summed E-state index contributed by atoms with van der Waals surface area (Å²) in [6.07, 6.45) is 6.88. The molecule has 16 heavy (non-hydrogen) atoms. The molecule has 0 aliphatic heterocycles. The maximum atomic E-state index is 5.60. The van der Waals surface area contributed by atoms with Crippen LogP contribution in [0.2, 0.25) is 0 Å². The minimum Gasteiger partial charge on any atom is -0.380 e. The standard InChI is InChI=1S/C14H29NO/c1-12(2)8-10-16-11-9-15-13(3)14-6-4-5-7-14/h12-15H,4-11H2,1-3H3/t13-/m0/s1. The first-order chi connectivity index (χ1) is 7.70. The predicted molar refractivity (Wildman–Crippen MR) is 69.7 cm³/mol. The fourth-order valence-corrected chi connectivity index (χ4v) is 2.40. The predicted octanol–water partition coefficient (Wildman–Crippen LogP) is 3.22. The Bertz CT molecular complexity index is 164. The van der Waals surface area contributed by atoms with Crippen molar-refractivity contribution < 1.29 is 4.74 Å². The number of hydrogen-bond donors (Lipinski definition) is 1. The highest BCUT2D eigenvalue weighted by Gasteiger charge is 2.20. The molecule has 1 saturated carbocycles. The molecule has 0 heterocycles. The van der Waals surface area contributed by atoms with Crippen molar-refractivity contribution in [1.82, 2.24) is 5.32 Å². The van der Waals surface area contributed by atoms with Gasteiger partial charge in [-0.2, -0.15) is 0 Å². The van der Waals surface area contributed by atoms with Gasteiger partial charge in [0.2, 0.25) is 0 Å². The third kappa shape index (κ3) is 5.86. The maximum absolute atomic E-state index is 5.60. The van der Waals surface area contributed by atoms with Gasteiger partial charge in [0.1, 0.15) is 0 Å². The van der Waals surface area contributed by atoms with Crippen molar-refractivity contribution in [3.63, 3.8) is 0 Å². The minimum atomic E-state index is 0.677. The fraction of sp³-hybridized carbons (Fsp3) is 1.00. The molecule has 0 aromatic carbocycles. The molecule has 1 rings (SSSR count). The van der Waals surface area contributed by atoms with Crippen molar-refractivity contribution in [1.29, 1.82) is 0 Å². The van der Waals surface area contributed by atoms with Gasteiger partial charge < -0.3 is 10.1 Å². The molecule has 0 aromatic rings. The third-order valence-corrected chi connectivity index (χ3v) is 3.66. The van der Waals surface area contributed by atoms with Crippen LogP contribution in [0, 0.1) is 11.8 Å². The van der Waals surface area contributed by atoms with Crippen LogP contribution in [0.5, 0.6) is 0 Å². The summed E-state index contributed by atoms with van der Waals surface area (Å²) in [7, 11) is 0. The van der Waals surface area contributed by atoms with Gasteiger partial charge in [-0.25, -0.2) is 0 Å². The molecule has 2 nitrogen and oxygen atoms in total. The summed E-state index contributed by atoms with van der Waals surface area (Å²) in [6.45, 7) is 9.59. The molecule has 0 aromatic heterocycles. The van der Waals surface area contributed by atoms with Crippen LogP contribution in [-0.2, 0) is 4.74 Å². The molecule has 0 spiro atoms. The molecule has 96 valence electrons. The Hall–Kier alpha value is -0.0800. The van der Waals surface area contributed by atoms with Crippen molar-refractivity contribution in [2.45, 2.75) is 58.9 Å². The Balaban J connectivity index is 1.90. The van der Waals surface area contributed by atoms with Crippen molar-refractivity contribution in [3.05, 3.63) is 0 Å². The van der Waals surface area contributed by atoms with Crippen LogP contribution >= 0.6 is 0 Å². The van der Waals surface area contributed by atoms with E-state index < -0.39 is 0 Å². The summed E-state index contributed by atoms with van der Waals surface area (Å²) in [5.41, 5.74) is 0. The van der Waals surface area contributed by atoms with Gasteiger partial charge in [-0.05, 0) is 38.0 Å². The van der Waals surface area contributed by atoms with E-state index in [1.165, 1.54) is 32.1 Å². The lowest BCUT2D eigenvalue weighted by Crippen LogP contribution is -2.34. The third-order valence-electron chi connectivity index (χ3n) is 3.66. The van der Waals surface area contributed by atoms with Gasteiger partial charge in [0.25, 0.3) is 0 Å². The van der Waals surface area contributed by atoms with Gasteiger partial charge in [0.05, 0.1) is 6.61 Å². The smallest absolute Gasteiger partial charge is 0.0591 e. The zero-order valence-electron chi connectivity index (χ0n) is 11.3. The first-order valence-electron chi connectivity index (χ1n) is 7.01. The molecular formula is C14H29NO. The maximum Gasteiger partial charge on any atom is 0.0591 e. The topological polar surface area (TPSA) is 21.3 Å². The van der Waals surface area contributed by atoms with Gasteiger partial charge in [-0.3, -0.25) is 0 Å². The van der Waals surface area contributed by atoms with Crippen molar-refractivity contribution in [2.75, 3.05) is 19.8 Å². The molecule has 2 heteroatoms. The fourth-order valence-electron chi connectivity index (χ4n) is 2.40. The van der Waals surface area contributed by atoms with Gasteiger partial charge in [0, 0.05) is 19.2 Å². The molecule has 0 amide bonds. The van der Waals surface area contributed by atoms with Gasteiger partial charge in [0.15, 0.2) is 0 Å². The average molecular weight is 227 g/mol. The van der Waals surface area contributed by atoms with Crippen LogP contribution in [0.15, 0.2) is 0 Å². The Kier molecular flexibility index (Phi) is 7.06. The molecule has 0 saturated heterocycles. The number of rotatable bonds is 8. The number of nitrogens with one attached hydrogen (secondary N) is 1. The van der Waals surface area contributed by atoms with E-state index in [4.69, 9.17) is 4.74 Å². The molecule has 1 aliphatic carbocycles. The van der Waals surface area contributed by atoms with Gasteiger partial charge >= 0.3 is 0 Å². The highest BCUT2D eigenvalue weighted by Crippen LogP contribution is 2.27. The Morgan fingerprint density at radius 2 is 1.81 bits per heavy atom. The lowest BCUT2D eigenvalue weighted by Gasteiger charge is -2.20. The van der Waals surface area contributed by atoms with Gasteiger partial charge in [-0.15, -0.1) is 0 Å². The van der Waals surface area contributed by atoms with Crippen LogP contribution in [-0.4, -0.2) is 25.8 Å². The SMILES string of the molecule is CC(C)CCOCCN[C@@H](C)C1CCCC1. The highest BCUT2D eigenvalue weighted by atomic mass is 16.5. The second-order valence-corrected chi connectivity index (χ2v) is 5.58. The first-order valence-corrected chi connectivity index (χ1v) is 7.01. The molecule has 1 aliphatic rings. The quantitative estimate of drug-likeness (QED) is 0.643. The molecule has 1 N–H and O–H groups in total. The molecule has 0 unspecified atom stereocenters. The summed E-state index contributed by atoms with van der Waals surface area (Å²) in [5, 5.41) is 3.59. The van der Waals surface area contributed by atoms with E-state index >= 15 is 0 Å². The van der Waals surface area contributed by atoms with Crippen LogP contribution in [0.3, 0.4) is 0 Å². The molecule has 1 fully saturated rings. The van der Waals surface area contributed by atoms with Crippen molar-refractivity contribution in [3.8, 4) is 0 Å². The Morgan fingerprint density at radius 1 is 1.12 bits per heavy atom. The molecule has 0 radical (unpaired) electrons. The van der Waals surface area contributed by atoms with E-state index in [-0.39, 0.29) is 0 Å². The average Bonchev–Trinajstić information content (AvgIpc) is 2.75. The number of ether oxygens (including phenoxy) is 1. The van der Waals surface area contributed by atoms with E-state index in [9.17, 15) is 0 Å². The summed E-state index contributed by atoms with van der Waals surface area (Å²) < 4.78 is 5.60. The lowest BCUT2D eigenvalue weighted by molar-refractivity contribution is 0.122. The summed E-state index contributed by atoms with van der Waals surface area (Å²) in [6, 6.07) is 0.677. The van der Waals surface area contributed by atoms with Crippen LogP contribution in [0.1, 0.15) is 52.9 Å². The van der Waals surface area contributed by atoms with E-state index in [2.05, 4.69) is 26.1 Å². The summed E-state index contributed by atoms with van der Waals surface area (Å²) >= 11 is 0. The van der Waals surface area contributed by atoms with E-state index in [0.717, 1.165) is 31.6 Å².